The Kier molecular flexibility index (Phi) is 4.61. The van der Waals surface area contributed by atoms with Gasteiger partial charge in [0.15, 0.2) is 0 Å². The van der Waals surface area contributed by atoms with Gasteiger partial charge in [-0.2, -0.15) is 0 Å². The third kappa shape index (κ3) is 3.05. The Balaban J connectivity index is 1.93. The smallest absolute Gasteiger partial charge is 0.340 e. The lowest BCUT2D eigenvalue weighted by Gasteiger charge is -2.12. The summed E-state index contributed by atoms with van der Waals surface area (Å²) >= 11 is 8.35. The molecule has 1 aliphatic carbocycles. The summed E-state index contributed by atoms with van der Waals surface area (Å²) in [5.74, 6) is -0.600. The van der Waals surface area contributed by atoms with Gasteiger partial charge in [0.25, 0.3) is 0 Å². The molecule has 2 aromatic rings. The Bertz CT molecular complexity index is 803. The van der Waals surface area contributed by atoms with Gasteiger partial charge in [-0.15, -0.1) is 11.3 Å². The van der Waals surface area contributed by atoms with Gasteiger partial charge in [0.05, 0.1) is 21.3 Å². The van der Waals surface area contributed by atoms with Gasteiger partial charge in [-0.05, 0) is 25.0 Å². The van der Waals surface area contributed by atoms with Crippen LogP contribution in [-0.2, 0) is 9.53 Å². The lowest BCUT2D eigenvalue weighted by Crippen LogP contribution is -2.26. The van der Waals surface area contributed by atoms with Crippen LogP contribution in [0.2, 0.25) is 0 Å². The molecule has 1 aromatic carbocycles. The van der Waals surface area contributed by atoms with Crippen molar-refractivity contribution in [3.63, 3.8) is 0 Å². The fourth-order valence-electron chi connectivity index (χ4n) is 2.38. The number of carbonyl (C=O) groups is 2. The standard InChI is InChI=1S/C17H15Br2NO3S/c1-16(9-17(16,18)19)15(22)20-13-11(14(21)23-2)8-12(24-13)10-6-4-3-5-7-10/h3-8H,9H2,1-2H3,(H,20,22)/t16-/m0/s1. The Hall–Kier alpha value is -1.18. The molecule has 0 bridgehead atoms. The summed E-state index contributed by atoms with van der Waals surface area (Å²) in [6, 6.07) is 11.5. The molecule has 24 heavy (non-hydrogen) atoms. The van der Waals surface area contributed by atoms with E-state index in [9.17, 15) is 9.59 Å². The van der Waals surface area contributed by atoms with Crippen LogP contribution in [0.1, 0.15) is 23.7 Å². The lowest BCUT2D eigenvalue weighted by molar-refractivity contribution is -0.120. The first kappa shape index (κ1) is 17.6. The number of ether oxygens (including phenoxy) is 1. The van der Waals surface area contributed by atoms with E-state index >= 15 is 0 Å². The normalized spacial score (nSPS) is 21.2. The highest BCUT2D eigenvalue weighted by atomic mass is 79.9. The maximum absolute atomic E-state index is 12.6. The van der Waals surface area contributed by atoms with Crippen molar-refractivity contribution in [2.75, 3.05) is 12.4 Å². The van der Waals surface area contributed by atoms with Crippen LogP contribution in [-0.4, -0.2) is 22.2 Å². The second kappa shape index (κ2) is 6.28. The van der Waals surface area contributed by atoms with E-state index in [4.69, 9.17) is 4.74 Å². The predicted molar refractivity (Wildman–Crippen MR) is 103 cm³/mol. The van der Waals surface area contributed by atoms with E-state index in [1.54, 1.807) is 6.07 Å². The van der Waals surface area contributed by atoms with Crippen molar-refractivity contribution in [3.05, 3.63) is 42.0 Å². The van der Waals surface area contributed by atoms with E-state index in [0.717, 1.165) is 10.4 Å². The molecule has 1 aliphatic rings. The van der Waals surface area contributed by atoms with E-state index in [1.807, 2.05) is 37.3 Å². The van der Waals surface area contributed by atoms with Crippen LogP contribution < -0.4 is 5.32 Å². The molecule has 0 aliphatic heterocycles. The summed E-state index contributed by atoms with van der Waals surface area (Å²) in [6.45, 7) is 1.87. The SMILES string of the molecule is COC(=O)c1cc(-c2ccccc2)sc1NC(=O)[C@]1(C)CC1(Br)Br. The monoisotopic (exact) mass is 471 g/mol. The van der Waals surface area contributed by atoms with Gasteiger partial charge in [0.2, 0.25) is 5.91 Å². The van der Waals surface area contributed by atoms with E-state index in [-0.39, 0.29) is 9.14 Å². The maximum atomic E-state index is 12.6. The minimum atomic E-state index is -0.558. The second-order valence-electron chi connectivity index (χ2n) is 5.88. The Labute approximate surface area is 160 Å². The number of carbonyl (C=O) groups excluding carboxylic acids is 2. The summed E-state index contributed by atoms with van der Waals surface area (Å²) < 4.78 is 4.46. The number of rotatable bonds is 4. The number of hydrogen-bond donors (Lipinski definition) is 1. The zero-order valence-electron chi connectivity index (χ0n) is 13.1. The van der Waals surface area contributed by atoms with E-state index in [2.05, 4.69) is 37.2 Å². The average molecular weight is 473 g/mol. The van der Waals surface area contributed by atoms with Crippen molar-refractivity contribution in [1.29, 1.82) is 0 Å². The van der Waals surface area contributed by atoms with Crippen LogP contribution in [0.25, 0.3) is 10.4 Å². The molecule has 1 aromatic heterocycles. The predicted octanol–water partition coefficient (Wildman–Crippen LogP) is 5.04. The van der Waals surface area contributed by atoms with Crippen LogP contribution in [0, 0.1) is 5.41 Å². The molecule has 0 radical (unpaired) electrons. The molecule has 1 amide bonds. The number of thiophene rings is 1. The highest BCUT2D eigenvalue weighted by molar-refractivity contribution is 9.25. The number of methoxy groups -OCH3 is 1. The number of amides is 1. The molecule has 0 saturated heterocycles. The Morgan fingerprint density at radius 2 is 1.88 bits per heavy atom. The highest BCUT2D eigenvalue weighted by Gasteiger charge is 2.66. The second-order valence-corrected chi connectivity index (χ2v) is 10.7. The van der Waals surface area contributed by atoms with Gasteiger partial charge in [-0.3, -0.25) is 4.79 Å². The van der Waals surface area contributed by atoms with Crippen LogP contribution in [0.15, 0.2) is 36.4 Å². The lowest BCUT2D eigenvalue weighted by atomic mass is 10.1. The highest BCUT2D eigenvalue weighted by Crippen LogP contribution is 2.66. The van der Waals surface area contributed by atoms with E-state index < -0.39 is 11.4 Å². The molecule has 3 rings (SSSR count). The molecular formula is C17H15Br2NO3S. The third-order valence-corrected chi connectivity index (χ3v) is 7.59. The van der Waals surface area contributed by atoms with Gasteiger partial charge in [-0.25, -0.2) is 4.79 Å². The summed E-state index contributed by atoms with van der Waals surface area (Å²) in [4.78, 5) is 25.6. The molecule has 1 N–H and O–H groups in total. The third-order valence-electron chi connectivity index (χ3n) is 4.18. The number of alkyl halides is 2. The first-order chi connectivity index (χ1) is 11.3. The number of benzene rings is 1. The van der Waals surface area contributed by atoms with Gasteiger partial charge in [0, 0.05) is 4.88 Å². The van der Waals surface area contributed by atoms with Crippen molar-refractivity contribution < 1.29 is 14.3 Å². The summed E-state index contributed by atoms with van der Waals surface area (Å²) in [5.41, 5.74) is 0.798. The molecule has 126 valence electrons. The number of esters is 1. The molecule has 1 saturated carbocycles. The Morgan fingerprint density at radius 1 is 1.25 bits per heavy atom. The van der Waals surface area contributed by atoms with E-state index in [0.29, 0.717) is 17.0 Å². The number of nitrogens with one attached hydrogen (secondary N) is 1. The fourth-order valence-corrected chi connectivity index (χ4v) is 4.91. The van der Waals surface area contributed by atoms with Gasteiger partial charge in [-0.1, -0.05) is 62.2 Å². The van der Waals surface area contributed by atoms with Gasteiger partial charge in [0.1, 0.15) is 5.00 Å². The quantitative estimate of drug-likeness (QED) is 0.501. The molecule has 1 atom stereocenters. The molecule has 1 fully saturated rings. The summed E-state index contributed by atoms with van der Waals surface area (Å²) in [7, 11) is 1.33. The maximum Gasteiger partial charge on any atom is 0.340 e. The fraction of sp³-hybridized carbons (Fsp3) is 0.294. The molecule has 7 heteroatoms. The van der Waals surface area contributed by atoms with Crippen molar-refractivity contribution in [2.24, 2.45) is 5.41 Å². The van der Waals surface area contributed by atoms with Crippen LogP contribution in [0.4, 0.5) is 5.00 Å². The van der Waals surface area contributed by atoms with Gasteiger partial charge >= 0.3 is 5.97 Å². The minimum Gasteiger partial charge on any atom is -0.465 e. The zero-order valence-corrected chi connectivity index (χ0v) is 17.0. The topological polar surface area (TPSA) is 55.4 Å². The zero-order chi connectivity index (χ0) is 17.5. The first-order valence-corrected chi connectivity index (χ1v) is 9.65. The average Bonchev–Trinajstić information content (AvgIpc) is 2.91. The van der Waals surface area contributed by atoms with E-state index in [1.165, 1.54) is 18.4 Å². The van der Waals surface area contributed by atoms with Crippen LogP contribution in [0.5, 0.6) is 0 Å². The number of anilines is 1. The Morgan fingerprint density at radius 3 is 2.42 bits per heavy atom. The molecule has 4 nitrogen and oxygen atoms in total. The number of halogens is 2. The molecule has 0 unspecified atom stereocenters. The van der Waals surface area contributed by atoms with Crippen molar-refractivity contribution >= 4 is 60.1 Å². The summed E-state index contributed by atoms with van der Waals surface area (Å²) in [5, 5.41) is 3.40. The first-order valence-electron chi connectivity index (χ1n) is 7.25. The van der Waals surface area contributed by atoms with Crippen molar-refractivity contribution in [2.45, 2.75) is 16.6 Å². The summed E-state index contributed by atoms with van der Waals surface area (Å²) in [6.07, 6.45) is 0.677. The largest absolute Gasteiger partial charge is 0.465 e. The van der Waals surface area contributed by atoms with Gasteiger partial charge < -0.3 is 10.1 Å². The van der Waals surface area contributed by atoms with Crippen molar-refractivity contribution in [1.82, 2.24) is 0 Å². The molecule has 0 spiro atoms. The molecular weight excluding hydrogens is 458 g/mol. The van der Waals surface area contributed by atoms with Crippen molar-refractivity contribution in [3.8, 4) is 10.4 Å². The molecule has 1 heterocycles. The van der Waals surface area contributed by atoms with Crippen LogP contribution in [0.3, 0.4) is 0 Å². The minimum absolute atomic E-state index is 0.136. The van der Waals surface area contributed by atoms with Crippen LogP contribution >= 0.6 is 43.2 Å². The number of hydrogen-bond acceptors (Lipinski definition) is 4.